The van der Waals surface area contributed by atoms with Gasteiger partial charge < -0.3 is 30.3 Å². The lowest BCUT2D eigenvalue weighted by Crippen LogP contribution is -2.53. The van der Waals surface area contributed by atoms with Crippen LogP contribution in [0.1, 0.15) is 31.8 Å². The van der Waals surface area contributed by atoms with E-state index in [1.165, 1.54) is 34.1 Å². The zero-order chi connectivity index (χ0) is 25.9. The number of nitrogens with two attached hydrogens (primary N) is 1. The second-order valence-electron chi connectivity index (χ2n) is 8.69. The van der Waals surface area contributed by atoms with Crippen molar-refractivity contribution >= 4 is 17.7 Å². The molecule has 2 aliphatic heterocycles. The zero-order valence-electron chi connectivity index (χ0n) is 19.9. The topological polar surface area (TPSA) is 114 Å². The third-order valence-electron chi connectivity index (χ3n) is 6.33. The molecule has 2 aliphatic rings. The molecule has 0 spiro atoms. The van der Waals surface area contributed by atoms with Crippen LogP contribution in [0.2, 0.25) is 0 Å². The standard InChI is InChI=1S/C27H25FN4O5/c28-21-7-4-19(5-8-21)26(34)31-10-11-32(27(35)20-6-9-22-23(13-20)37-16-36-22)25(31)24(33)30-15-18-3-1-2-17(12-18)14-29/h1-9,12-13,25H,10-11,14-16,29H2,(H,30,33). The van der Waals surface area contributed by atoms with E-state index in [1.807, 2.05) is 24.3 Å². The molecule has 3 N–H and O–H groups in total. The average molecular weight is 505 g/mol. The summed E-state index contributed by atoms with van der Waals surface area (Å²) in [5.41, 5.74) is 7.98. The zero-order valence-corrected chi connectivity index (χ0v) is 19.9. The van der Waals surface area contributed by atoms with Gasteiger partial charge in [0, 0.05) is 37.3 Å². The van der Waals surface area contributed by atoms with Crippen molar-refractivity contribution in [2.45, 2.75) is 19.3 Å². The van der Waals surface area contributed by atoms with Crippen LogP contribution >= 0.6 is 0 Å². The Morgan fingerprint density at radius 3 is 2.24 bits per heavy atom. The lowest BCUT2D eigenvalue weighted by atomic mass is 10.1. The monoisotopic (exact) mass is 504 g/mol. The molecule has 37 heavy (non-hydrogen) atoms. The second kappa shape index (κ2) is 10.3. The molecule has 0 saturated carbocycles. The molecular formula is C27H25FN4O5. The summed E-state index contributed by atoms with van der Waals surface area (Å²) >= 11 is 0. The number of hydrogen-bond donors (Lipinski definition) is 2. The van der Waals surface area contributed by atoms with Crippen molar-refractivity contribution in [1.29, 1.82) is 0 Å². The van der Waals surface area contributed by atoms with Crippen LogP contribution < -0.4 is 20.5 Å². The molecule has 1 saturated heterocycles. The number of nitrogens with zero attached hydrogens (tertiary/aromatic N) is 2. The summed E-state index contributed by atoms with van der Waals surface area (Å²) in [6.45, 7) is 0.886. The number of amides is 3. The van der Waals surface area contributed by atoms with E-state index in [9.17, 15) is 18.8 Å². The van der Waals surface area contributed by atoms with E-state index >= 15 is 0 Å². The molecule has 1 unspecified atom stereocenters. The van der Waals surface area contributed by atoms with Crippen LogP contribution in [0.15, 0.2) is 66.7 Å². The summed E-state index contributed by atoms with van der Waals surface area (Å²) in [7, 11) is 0. The highest BCUT2D eigenvalue weighted by Gasteiger charge is 2.43. The lowest BCUT2D eigenvalue weighted by Gasteiger charge is -2.29. The normalized spacial score (nSPS) is 16.1. The maximum atomic E-state index is 13.5. The number of nitrogens with one attached hydrogen (secondary N) is 1. The highest BCUT2D eigenvalue weighted by Crippen LogP contribution is 2.33. The van der Waals surface area contributed by atoms with Crippen molar-refractivity contribution in [3.8, 4) is 11.5 Å². The summed E-state index contributed by atoms with van der Waals surface area (Å²) < 4.78 is 24.1. The van der Waals surface area contributed by atoms with Gasteiger partial charge in [0.2, 0.25) is 6.79 Å². The van der Waals surface area contributed by atoms with Gasteiger partial charge >= 0.3 is 0 Å². The van der Waals surface area contributed by atoms with Crippen LogP contribution in [0.3, 0.4) is 0 Å². The maximum Gasteiger partial charge on any atom is 0.264 e. The number of ether oxygens (including phenoxy) is 2. The van der Waals surface area contributed by atoms with E-state index in [1.54, 1.807) is 18.2 Å². The molecule has 0 aromatic heterocycles. The third kappa shape index (κ3) is 4.96. The summed E-state index contributed by atoms with van der Waals surface area (Å²) in [4.78, 5) is 43.0. The molecule has 0 aliphatic carbocycles. The first-order chi connectivity index (χ1) is 17.9. The van der Waals surface area contributed by atoms with Crippen molar-refractivity contribution < 1.29 is 28.2 Å². The molecule has 1 atom stereocenters. The van der Waals surface area contributed by atoms with Gasteiger partial charge in [0.15, 0.2) is 17.7 Å². The molecule has 190 valence electrons. The number of hydrogen-bond acceptors (Lipinski definition) is 6. The van der Waals surface area contributed by atoms with Crippen LogP contribution in [-0.2, 0) is 17.9 Å². The Kier molecular flexibility index (Phi) is 6.74. The number of halogens is 1. The third-order valence-corrected chi connectivity index (χ3v) is 6.33. The van der Waals surface area contributed by atoms with Gasteiger partial charge in [-0.05, 0) is 53.6 Å². The number of benzene rings is 3. The van der Waals surface area contributed by atoms with E-state index in [-0.39, 0.29) is 32.0 Å². The molecule has 0 radical (unpaired) electrons. The van der Waals surface area contributed by atoms with Crippen molar-refractivity contribution in [2.75, 3.05) is 19.9 Å². The Morgan fingerprint density at radius 2 is 1.51 bits per heavy atom. The maximum absolute atomic E-state index is 13.5. The van der Waals surface area contributed by atoms with Crippen molar-refractivity contribution in [3.05, 3.63) is 94.8 Å². The minimum Gasteiger partial charge on any atom is -0.454 e. The molecule has 1 fully saturated rings. The summed E-state index contributed by atoms with van der Waals surface area (Å²) in [5, 5.41) is 2.84. The first kappa shape index (κ1) is 24.3. The lowest BCUT2D eigenvalue weighted by molar-refractivity contribution is -0.128. The summed E-state index contributed by atoms with van der Waals surface area (Å²) in [6.07, 6.45) is -1.20. The average Bonchev–Trinajstić information content (AvgIpc) is 3.58. The van der Waals surface area contributed by atoms with Crippen molar-refractivity contribution in [1.82, 2.24) is 15.1 Å². The van der Waals surface area contributed by atoms with Crippen molar-refractivity contribution in [2.24, 2.45) is 5.73 Å². The van der Waals surface area contributed by atoms with Gasteiger partial charge in [0.1, 0.15) is 5.82 Å². The van der Waals surface area contributed by atoms with E-state index in [0.29, 0.717) is 23.6 Å². The van der Waals surface area contributed by atoms with Gasteiger partial charge in [0.25, 0.3) is 17.7 Å². The van der Waals surface area contributed by atoms with E-state index in [2.05, 4.69) is 5.32 Å². The Bertz CT molecular complexity index is 1350. The van der Waals surface area contributed by atoms with Crippen LogP contribution in [0.4, 0.5) is 4.39 Å². The van der Waals surface area contributed by atoms with Gasteiger partial charge in [-0.1, -0.05) is 24.3 Å². The summed E-state index contributed by atoms with van der Waals surface area (Å²) in [5.74, 6) is -0.943. The molecule has 3 amide bonds. The minimum absolute atomic E-state index is 0.0625. The van der Waals surface area contributed by atoms with E-state index < -0.39 is 29.7 Å². The Hall–Kier alpha value is -4.44. The molecular weight excluding hydrogens is 479 g/mol. The number of carbonyl (C=O) groups is 3. The predicted molar refractivity (Wildman–Crippen MR) is 131 cm³/mol. The number of rotatable bonds is 6. The fraction of sp³-hybridized carbons (Fsp3) is 0.222. The number of carbonyl (C=O) groups excluding carboxylic acids is 3. The number of fused-ring (bicyclic) bond motifs is 1. The SMILES string of the molecule is NCc1cccc(CNC(=O)C2N(C(=O)c3ccc(F)cc3)CCN2C(=O)c2ccc3c(c2)OCO3)c1. The molecule has 9 nitrogen and oxygen atoms in total. The van der Waals surface area contributed by atoms with Gasteiger partial charge in [-0.15, -0.1) is 0 Å². The smallest absolute Gasteiger partial charge is 0.264 e. The van der Waals surface area contributed by atoms with Gasteiger partial charge in [0.05, 0.1) is 0 Å². The molecule has 5 rings (SSSR count). The van der Waals surface area contributed by atoms with Crippen molar-refractivity contribution in [3.63, 3.8) is 0 Å². The quantitative estimate of drug-likeness (QED) is 0.532. The highest BCUT2D eigenvalue weighted by atomic mass is 19.1. The predicted octanol–water partition coefficient (Wildman–Crippen LogP) is 2.25. The van der Waals surface area contributed by atoms with Crippen LogP contribution in [0.5, 0.6) is 11.5 Å². The Morgan fingerprint density at radius 1 is 0.865 bits per heavy atom. The van der Waals surface area contributed by atoms with Crippen LogP contribution in [0.25, 0.3) is 0 Å². The Balaban J connectivity index is 1.41. The molecule has 3 aromatic carbocycles. The fourth-order valence-corrected chi connectivity index (χ4v) is 4.44. The van der Waals surface area contributed by atoms with E-state index in [0.717, 1.165) is 11.1 Å². The summed E-state index contributed by atoms with van der Waals surface area (Å²) in [6, 6.07) is 17.3. The van der Waals surface area contributed by atoms with Gasteiger partial charge in [-0.25, -0.2) is 4.39 Å². The second-order valence-corrected chi connectivity index (χ2v) is 8.69. The first-order valence-corrected chi connectivity index (χ1v) is 11.8. The first-order valence-electron chi connectivity index (χ1n) is 11.8. The Labute approximate surface area is 212 Å². The van der Waals surface area contributed by atoms with E-state index in [4.69, 9.17) is 15.2 Å². The van der Waals surface area contributed by atoms with Gasteiger partial charge in [-0.3, -0.25) is 14.4 Å². The molecule has 2 heterocycles. The molecule has 0 bridgehead atoms. The largest absolute Gasteiger partial charge is 0.454 e. The van der Waals surface area contributed by atoms with Crippen LogP contribution in [-0.4, -0.2) is 53.6 Å². The highest BCUT2D eigenvalue weighted by molar-refractivity contribution is 6.02. The van der Waals surface area contributed by atoms with Gasteiger partial charge in [-0.2, -0.15) is 0 Å². The fourth-order valence-electron chi connectivity index (χ4n) is 4.44. The van der Waals surface area contributed by atoms with Crippen LogP contribution in [0, 0.1) is 5.82 Å². The molecule has 3 aromatic rings. The molecule has 10 heteroatoms. The minimum atomic E-state index is -1.20.